The molecule has 2 amide bonds. The monoisotopic (exact) mass is 811 g/mol. The number of amides is 2. The van der Waals surface area contributed by atoms with E-state index in [0.29, 0.717) is 24.4 Å². The Bertz CT molecular complexity index is 1720. The third-order valence-electron chi connectivity index (χ3n) is 11.5. The lowest BCUT2D eigenvalue weighted by atomic mass is 9.85. The van der Waals surface area contributed by atoms with Crippen molar-refractivity contribution in [1.82, 2.24) is 24.7 Å². The highest BCUT2D eigenvalue weighted by atomic mass is 32.2. The molecule has 3 aliphatic rings. The van der Waals surface area contributed by atoms with E-state index in [0.717, 1.165) is 95.5 Å². The molecule has 0 spiro atoms. The molecular weight excluding hydrogens is 747 g/mol. The van der Waals surface area contributed by atoms with Gasteiger partial charge in [0.15, 0.2) is 0 Å². The molecule has 4 atom stereocenters. The Morgan fingerprint density at radius 3 is 2.26 bits per heavy atom. The summed E-state index contributed by atoms with van der Waals surface area (Å²) in [5.41, 5.74) is 1.70. The number of likely N-dealkylation sites (tertiary alicyclic amines) is 1. The molecule has 316 valence electrons. The van der Waals surface area contributed by atoms with Crippen molar-refractivity contribution in [3.8, 4) is 5.75 Å². The average molecular weight is 812 g/mol. The van der Waals surface area contributed by atoms with Gasteiger partial charge in [0, 0.05) is 51.2 Å². The van der Waals surface area contributed by atoms with Crippen LogP contribution in [0.4, 0.5) is 4.79 Å². The quantitative estimate of drug-likeness (QED) is 0.218. The van der Waals surface area contributed by atoms with E-state index in [9.17, 15) is 22.8 Å². The van der Waals surface area contributed by atoms with Gasteiger partial charge in [-0.15, -0.1) is 0 Å². The minimum Gasteiger partial charge on any atom is -0.497 e. The van der Waals surface area contributed by atoms with Gasteiger partial charge < -0.3 is 24.4 Å². The Balaban J connectivity index is 1.15. The lowest BCUT2D eigenvalue weighted by Gasteiger charge is -2.50. The number of carbonyl (C=O) groups is 3. The number of rotatable bonds is 16. The molecule has 13 nitrogen and oxygen atoms in total. The Morgan fingerprint density at radius 2 is 1.61 bits per heavy atom. The summed E-state index contributed by atoms with van der Waals surface area (Å²) < 4.78 is 44.8. The van der Waals surface area contributed by atoms with E-state index in [2.05, 4.69) is 32.0 Å². The third-order valence-corrected chi connectivity index (χ3v) is 13.0. The lowest BCUT2D eigenvalue weighted by molar-refractivity contribution is -0.145. The van der Waals surface area contributed by atoms with Crippen LogP contribution in [0.25, 0.3) is 0 Å². The van der Waals surface area contributed by atoms with Crippen LogP contribution < -0.4 is 14.8 Å². The molecule has 0 radical (unpaired) electrons. The number of hydrogen-bond donors (Lipinski definition) is 2. The highest BCUT2D eigenvalue weighted by Gasteiger charge is 2.38. The summed E-state index contributed by atoms with van der Waals surface area (Å²) >= 11 is 0. The molecule has 0 aliphatic carbocycles. The number of carbonyl (C=O) groups excluding carboxylic acids is 3. The van der Waals surface area contributed by atoms with Crippen molar-refractivity contribution < 1.29 is 37.0 Å². The third kappa shape index (κ3) is 13.4. The van der Waals surface area contributed by atoms with Crippen molar-refractivity contribution in [2.24, 2.45) is 11.8 Å². The van der Waals surface area contributed by atoms with Crippen LogP contribution >= 0.6 is 0 Å². The number of fused-ring (bicyclic) bond motifs is 1. The van der Waals surface area contributed by atoms with Crippen molar-refractivity contribution in [3.05, 3.63) is 59.7 Å². The maximum absolute atomic E-state index is 13.3. The molecule has 3 aliphatic heterocycles. The SMILES string of the molecule is CCOC(=O)[C@H](CNC(=O)CC1CCN2C[C@H](Cc3ccc(OC)cc3)N(CCCC3CCN(C(=O)OC(C)(C)C)CC3)C[C@H]2C1)NS(=O)(=O)c1ccc(C)cc1. The molecule has 5 rings (SSSR count). The van der Waals surface area contributed by atoms with Crippen molar-refractivity contribution in [2.45, 2.75) is 115 Å². The molecule has 3 heterocycles. The standard InChI is InChI=1S/C43H65N5O8S/c1-7-55-41(50)39(45-57(52,53)38-16-10-31(2)11-17-38)28-44-40(49)27-34-20-24-48-30-35(25-33-12-14-37(54-6)15-13-33)47(29-36(48)26-34)21-8-9-32-18-22-46(23-19-32)42(51)56-43(3,4)5/h10-17,32,34-36,39,45H,7-9,18-30H2,1-6H3,(H,44,49)/t34?,35-,36+,39-/m0/s1. The normalized spacial score (nSPS) is 21.6. The summed E-state index contributed by atoms with van der Waals surface area (Å²) in [5, 5.41) is 2.83. The summed E-state index contributed by atoms with van der Waals surface area (Å²) in [6.45, 7) is 14.4. The minimum absolute atomic E-state index is 0.0360. The van der Waals surface area contributed by atoms with Crippen LogP contribution in [0.15, 0.2) is 53.4 Å². The van der Waals surface area contributed by atoms with Gasteiger partial charge in [-0.1, -0.05) is 29.8 Å². The van der Waals surface area contributed by atoms with Crippen LogP contribution in [0.3, 0.4) is 0 Å². The summed E-state index contributed by atoms with van der Waals surface area (Å²) in [5.74, 6) is 0.665. The molecular formula is C43H65N5O8S. The number of nitrogens with zero attached hydrogens (tertiary/aromatic N) is 3. The van der Waals surface area contributed by atoms with E-state index in [1.807, 2.05) is 44.7 Å². The van der Waals surface area contributed by atoms with Crippen LogP contribution in [-0.4, -0.2) is 124 Å². The molecule has 1 unspecified atom stereocenters. The van der Waals surface area contributed by atoms with Crippen molar-refractivity contribution in [2.75, 3.05) is 59.5 Å². The second-order valence-electron chi connectivity index (χ2n) is 17.0. The maximum Gasteiger partial charge on any atom is 0.410 e. The van der Waals surface area contributed by atoms with E-state index in [-0.39, 0.29) is 36.0 Å². The first-order valence-corrected chi connectivity index (χ1v) is 22.2. The summed E-state index contributed by atoms with van der Waals surface area (Å²) in [4.78, 5) is 45.8. The summed E-state index contributed by atoms with van der Waals surface area (Å²) in [7, 11) is -2.34. The zero-order valence-corrected chi connectivity index (χ0v) is 35.7. The molecule has 2 aromatic carbocycles. The molecule has 0 bridgehead atoms. The van der Waals surface area contributed by atoms with E-state index >= 15 is 0 Å². The fraction of sp³-hybridized carbons (Fsp3) is 0.651. The Morgan fingerprint density at radius 1 is 0.930 bits per heavy atom. The first-order chi connectivity index (χ1) is 27.1. The van der Waals surface area contributed by atoms with Gasteiger partial charge in [0.1, 0.15) is 17.4 Å². The van der Waals surface area contributed by atoms with Crippen LogP contribution in [-0.2, 0) is 35.5 Å². The first-order valence-electron chi connectivity index (χ1n) is 20.7. The second-order valence-corrected chi connectivity index (χ2v) is 18.8. The average Bonchev–Trinajstić information content (AvgIpc) is 3.16. The predicted molar refractivity (Wildman–Crippen MR) is 219 cm³/mol. The van der Waals surface area contributed by atoms with Crippen LogP contribution in [0, 0.1) is 18.8 Å². The van der Waals surface area contributed by atoms with Gasteiger partial charge in [-0.05, 0) is 134 Å². The number of hydrogen-bond acceptors (Lipinski definition) is 10. The number of nitrogens with one attached hydrogen (secondary N) is 2. The molecule has 0 saturated carbocycles. The van der Waals surface area contributed by atoms with Gasteiger partial charge >= 0.3 is 12.1 Å². The van der Waals surface area contributed by atoms with Crippen molar-refractivity contribution >= 4 is 28.0 Å². The number of aryl methyl sites for hydroxylation is 1. The van der Waals surface area contributed by atoms with E-state index in [4.69, 9.17) is 14.2 Å². The zero-order chi connectivity index (χ0) is 41.2. The van der Waals surface area contributed by atoms with Crippen molar-refractivity contribution in [1.29, 1.82) is 0 Å². The van der Waals surface area contributed by atoms with Gasteiger partial charge in [0.25, 0.3) is 0 Å². The minimum atomic E-state index is -4.02. The first kappa shape index (κ1) is 44.4. The number of piperidine rings is 2. The number of benzene rings is 2. The number of sulfonamides is 1. The molecule has 0 aromatic heterocycles. The summed E-state index contributed by atoms with van der Waals surface area (Å²) in [6.07, 6.45) is 7.02. The Kier molecular flexibility index (Phi) is 15.8. The fourth-order valence-electron chi connectivity index (χ4n) is 8.36. The second kappa shape index (κ2) is 20.3. The van der Waals surface area contributed by atoms with Gasteiger partial charge in [-0.2, -0.15) is 4.72 Å². The number of piperazine rings is 1. The molecule has 57 heavy (non-hydrogen) atoms. The number of methoxy groups -OCH3 is 1. The Labute approximate surface area is 340 Å². The number of esters is 1. The topological polar surface area (TPSA) is 147 Å². The largest absolute Gasteiger partial charge is 0.497 e. The molecule has 2 aromatic rings. The van der Waals surface area contributed by atoms with E-state index in [1.165, 1.54) is 17.7 Å². The van der Waals surface area contributed by atoms with Gasteiger partial charge in [-0.3, -0.25) is 19.4 Å². The smallest absolute Gasteiger partial charge is 0.410 e. The zero-order valence-electron chi connectivity index (χ0n) is 34.8. The molecule has 14 heteroatoms. The Hall–Kier alpha value is -3.72. The van der Waals surface area contributed by atoms with Gasteiger partial charge in [0.05, 0.1) is 18.6 Å². The van der Waals surface area contributed by atoms with Crippen LogP contribution in [0.5, 0.6) is 5.75 Å². The van der Waals surface area contributed by atoms with Crippen molar-refractivity contribution in [3.63, 3.8) is 0 Å². The maximum atomic E-state index is 13.3. The van der Waals surface area contributed by atoms with Gasteiger partial charge in [0.2, 0.25) is 15.9 Å². The van der Waals surface area contributed by atoms with Gasteiger partial charge in [-0.25, -0.2) is 13.2 Å². The van der Waals surface area contributed by atoms with E-state index < -0.39 is 27.6 Å². The van der Waals surface area contributed by atoms with E-state index in [1.54, 1.807) is 26.2 Å². The van der Waals surface area contributed by atoms with Crippen LogP contribution in [0.1, 0.15) is 83.8 Å². The lowest BCUT2D eigenvalue weighted by Crippen LogP contribution is -2.61. The molecule has 3 fully saturated rings. The van der Waals surface area contributed by atoms with Crippen LogP contribution in [0.2, 0.25) is 0 Å². The number of ether oxygens (including phenoxy) is 3. The highest BCUT2D eigenvalue weighted by molar-refractivity contribution is 7.89. The molecule has 3 saturated heterocycles. The molecule has 2 N–H and O–H groups in total. The highest BCUT2D eigenvalue weighted by Crippen LogP contribution is 2.32. The fourth-order valence-corrected chi connectivity index (χ4v) is 9.54. The summed E-state index contributed by atoms with van der Waals surface area (Å²) in [6, 6.07) is 14.2. The predicted octanol–water partition coefficient (Wildman–Crippen LogP) is 5.15.